The molecule has 0 heterocycles. The average Bonchev–Trinajstić information content (AvgIpc) is 2.55. The molecule has 2 aromatic rings. The molecule has 114 valence electrons. The summed E-state index contributed by atoms with van der Waals surface area (Å²) in [7, 11) is 0. The van der Waals surface area contributed by atoms with Crippen LogP contribution in [0.5, 0.6) is 0 Å². The van der Waals surface area contributed by atoms with Crippen LogP contribution in [0.15, 0.2) is 60.7 Å². The van der Waals surface area contributed by atoms with Crippen LogP contribution in [-0.4, -0.2) is 18.5 Å². The normalized spacial score (nSPS) is 15.7. The lowest BCUT2D eigenvalue weighted by molar-refractivity contribution is -0.141. The van der Waals surface area contributed by atoms with Crippen molar-refractivity contribution in [3.8, 4) is 0 Å². The number of esters is 2. The van der Waals surface area contributed by atoms with E-state index in [1.54, 1.807) is 60.7 Å². The van der Waals surface area contributed by atoms with Gasteiger partial charge in [0.05, 0.1) is 14.9 Å². The molecule has 0 bridgehead atoms. The van der Waals surface area contributed by atoms with Gasteiger partial charge in [-0.1, -0.05) is 48.5 Å². The van der Waals surface area contributed by atoms with Gasteiger partial charge in [0.2, 0.25) is 0 Å². The fraction of sp³-hybridized carbons (Fsp3) is 0.222. The van der Waals surface area contributed by atoms with Crippen LogP contribution >= 0.6 is 0 Å². The van der Waals surface area contributed by atoms with E-state index >= 15 is 0 Å². The van der Waals surface area contributed by atoms with E-state index in [2.05, 4.69) is 0 Å². The first-order valence-corrected chi connectivity index (χ1v) is 6.84. The maximum atomic E-state index is 12.3. The van der Waals surface area contributed by atoms with Gasteiger partial charge in [-0.15, -0.1) is 0 Å². The van der Waals surface area contributed by atoms with E-state index in [-0.39, 0.29) is 6.42 Å². The summed E-state index contributed by atoms with van der Waals surface area (Å²) in [5, 5.41) is 0. The summed E-state index contributed by atoms with van der Waals surface area (Å²) in [5.41, 5.74) is 0.706. The molecule has 4 nitrogen and oxygen atoms in total. The van der Waals surface area contributed by atoms with Gasteiger partial charge in [-0.25, -0.2) is 4.79 Å². The molecule has 0 aliphatic rings. The van der Waals surface area contributed by atoms with Crippen LogP contribution in [0.4, 0.5) is 0 Å². The van der Waals surface area contributed by atoms with Gasteiger partial charge in [0, 0.05) is 13.3 Å². The number of hydrogen-bond donors (Lipinski definition) is 0. The van der Waals surface area contributed by atoms with Crippen molar-refractivity contribution in [1.82, 2.24) is 0 Å². The Kier molecular flexibility index (Phi) is 4.74. The summed E-state index contributed by atoms with van der Waals surface area (Å²) in [5.74, 6) is -1.30. The zero-order chi connectivity index (χ0) is 17.6. The molecule has 0 amide bonds. The third-order valence-electron chi connectivity index (χ3n) is 2.84. The quantitative estimate of drug-likeness (QED) is 0.766. The molecule has 0 spiro atoms. The topological polar surface area (TPSA) is 52.6 Å². The van der Waals surface area contributed by atoms with Crippen LogP contribution in [0.1, 0.15) is 38.1 Å². The second-order valence-electron chi connectivity index (χ2n) is 4.52. The summed E-state index contributed by atoms with van der Waals surface area (Å²) in [4.78, 5) is 23.3. The second-order valence-corrected chi connectivity index (χ2v) is 4.52. The smallest absolute Gasteiger partial charge is 0.338 e. The van der Waals surface area contributed by atoms with Crippen LogP contribution in [0, 0.1) is 0 Å². The number of carbonyl (C=O) groups is 2. The van der Waals surface area contributed by atoms with E-state index in [1.165, 1.54) is 6.92 Å². The lowest BCUT2D eigenvalue weighted by Gasteiger charge is -2.18. The maximum Gasteiger partial charge on any atom is 0.338 e. The summed E-state index contributed by atoms with van der Waals surface area (Å²) >= 11 is 0. The second kappa shape index (κ2) is 7.98. The van der Waals surface area contributed by atoms with E-state index in [4.69, 9.17) is 12.2 Å². The summed E-state index contributed by atoms with van der Waals surface area (Å²) in [6, 6.07) is 16.8. The van der Waals surface area contributed by atoms with Gasteiger partial charge in [0.15, 0.2) is 0 Å². The molecule has 2 rings (SSSR count). The van der Waals surface area contributed by atoms with Gasteiger partial charge in [0.1, 0.15) is 6.08 Å². The summed E-state index contributed by atoms with van der Waals surface area (Å²) < 4.78 is 26.5. The molecular formula is C18H18O4. The highest BCUT2D eigenvalue weighted by Crippen LogP contribution is 2.22. The lowest BCUT2D eigenvalue weighted by atomic mass is 10.1. The third kappa shape index (κ3) is 4.74. The molecule has 0 aliphatic carbocycles. The summed E-state index contributed by atoms with van der Waals surface area (Å²) in [6.07, 6.45) is -2.13. The maximum absolute atomic E-state index is 12.3. The van der Waals surface area contributed by atoms with E-state index in [9.17, 15) is 9.59 Å². The van der Waals surface area contributed by atoms with E-state index in [0.717, 1.165) is 0 Å². The van der Waals surface area contributed by atoms with Crippen LogP contribution in [-0.2, 0) is 14.3 Å². The molecular weight excluding hydrogens is 280 g/mol. The molecule has 22 heavy (non-hydrogen) atoms. The molecule has 0 aliphatic heterocycles. The van der Waals surface area contributed by atoms with Crippen molar-refractivity contribution in [3.05, 3.63) is 71.8 Å². The van der Waals surface area contributed by atoms with Crippen molar-refractivity contribution in [2.75, 3.05) is 6.58 Å². The molecule has 2 aromatic carbocycles. The Balaban J connectivity index is 2.26. The van der Waals surface area contributed by atoms with Gasteiger partial charge in [-0.05, 0) is 17.7 Å². The minimum Gasteiger partial charge on any atom is -0.466 e. The predicted octanol–water partition coefficient (Wildman–Crippen LogP) is 3.54. The first-order valence-electron chi connectivity index (χ1n) is 7.92. The highest BCUT2D eigenvalue weighted by Gasteiger charge is 2.18. The zero-order valence-corrected chi connectivity index (χ0v) is 12.2. The number of rotatable bonds is 6. The third-order valence-corrected chi connectivity index (χ3v) is 2.84. The van der Waals surface area contributed by atoms with Gasteiger partial charge in [-0.2, -0.15) is 0 Å². The molecule has 0 aromatic heterocycles. The van der Waals surface area contributed by atoms with Crippen molar-refractivity contribution in [2.24, 2.45) is 0 Å². The largest absolute Gasteiger partial charge is 0.466 e. The van der Waals surface area contributed by atoms with E-state index in [1.807, 2.05) is 0 Å². The highest BCUT2D eigenvalue weighted by atomic mass is 16.6. The molecule has 4 heteroatoms. The SMILES string of the molecule is [2H]C(CC([2H])(OC(=O)c1ccccc1)c1ccccc1)OC(C)=O. The molecule has 2 atom stereocenters. The lowest BCUT2D eigenvalue weighted by Crippen LogP contribution is -2.14. The Hall–Kier alpha value is -2.62. The van der Waals surface area contributed by atoms with Crippen LogP contribution < -0.4 is 0 Å². The number of benzene rings is 2. The predicted molar refractivity (Wildman–Crippen MR) is 82.3 cm³/mol. The van der Waals surface area contributed by atoms with Crippen molar-refractivity contribution in [3.63, 3.8) is 0 Å². The molecule has 0 saturated carbocycles. The van der Waals surface area contributed by atoms with Crippen molar-refractivity contribution in [1.29, 1.82) is 0 Å². The van der Waals surface area contributed by atoms with Crippen LogP contribution in [0.25, 0.3) is 0 Å². The van der Waals surface area contributed by atoms with E-state index < -0.39 is 24.6 Å². The monoisotopic (exact) mass is 300 g/mol. The average molecular weight is 300 g/mol. The van der Waals surface area contributed by atoms with Crippen molar-refractivity contribution < 1.29 is 21.8 Å². The van der Waals surface area contributed by atoms with Crippen LogP contribution in [0.3, 0.4) is 0 Å². The van der Waals surface area contributed by atoms with Gasteiger partial charge in [-0.3, -0.25) is 4.79 Å². The van der Waals surface area contributed by atoms with Gasteiger partial charge in [0.25, 0.3) is 0 Å². The number of hydrogen-bond acceptors (Lipinski definition) is 4. The Labute approximate surface area is 132 Å². The molecule has 0 radical (unpaired) electrons. The van der Waals surface area contributed by atoms with E-state index in [0.29, 0.717) is 11.1 Å². The summed E-state index contributed by atoms with van der Waals surface area (Å²) in [6.45, 7) is -0.130. The molecule has 0 N–H and O–H groups in total. The standard InChI is InChI=1S/C18H18O4/c1-14(19)21-13-12-17(15-8-4-2-5-9-15)22-18(20)16-10-6-3-7-11-16/h2-11,17H,12-13H2,1H3/i13D,17D. The Bertz CT molecular complexity index is 691. The van der Waals surface area contributed by atoms with Gasteiger partial charge < -0.3 is 9.47 Å². The molecule has 0 fully saturated rings. The number of carbonyl (C=O) groups excluding carboxylic acids is 2. The number of ether oxygens (including phenoxy) is 2. The minimum absolute atomic E-state index is 0.296. The van der Waals surface area contributed by atoms with Crippen LogP contribution in [0.2, 0.25) is 0 Å². The Morgan fingerprint density at radius 3 is 2.27 bits per heavy atom. The first-order chi connectivity index (χ1) is 11.4. The molecule has 2 unspecified atom stereocenters. The zero-order valence-electron chi connectivity index (χ0n) is 14.2. The first kappa shape index (κ1) is 13.1. The fourth-order valence-electron chi connectivity index (χ4n) is 1.82. The minimum atomic E-state index is -1.84. The van der Waals surface area contributed by atoms with Crippen molar-refractivity contribution in [2.45, 2.75) is 19.4 Å². The Morgan fingerprint density at radius 1 is 1.09 bits per heavy atom. The molecule has 0 saturated heterocycles. The van der Waals surface area contributed by atoms with Crippen molar-refractivity contribution >= 4 is 11.9 Å². The highest BCUT2D eigenvalue weighted by molar-refractivity contribution is 5.89. The van der Waals surface area contributed by atoms with Gasteiger partial charge >= 0.3 is 11.9 Å². The Morgan fingerprint density at radius 2 is 1.68 bits per heavy atom. The fourth-order valence-corrected chi connectivity index (χ4v) is 1.82.